The molecule has 0 spiro atoms. The molecule has 0 bridgehead atoms. The first-order chi connectivity index (χ1) is 9.86. The Kier molecular flexibility index (Phi) is 5.00. The van der Waals surface area contributed by atoms with Crippen molar-refractivity contribution in [3.05, 3.63) is 28.5 Å². The minimum Gasteiger partial charge on any atom is -0.469 e. The van der Waals surface area contributed by atoms with Crippen LogP contribution in [0.1, 0.15) is 12.8 Å². The van der Waals surface area contributed by atoms with Gasteiger partial charge >= 0.3 is 5.97 Å². The van der Waals surface area contributed by atoms with Crippen LogP contribution in [0.15, 0.2) is 27.6 Å². The van der Waals surface area contributed by atoms with Gasteiger partial charge in [-0.3, -0.25) is 4.79 Å². The maximum atomic E-state index is 13.9. The zero-order chi connectivity index (χ0) is 15.6. The smallest absolute Gasteiger partial charge is 0.308 e. The van der Waals surface area contributed by atoms with Gasteiger partial charge in [0, 0.05) is 17.6 Å². The van der Waals surface area contributed by atoms with Crippen LogP contribution in [0.2, 0.25) is 0 Å². The first-order valence-electron chi connectivity index (χ1n) is 6.39. The summed E-state index contributed by atoms with van der Waals surface area (Å²) in [5, 5.41) is 0. The van der Waals surface area contributed by atoms with Crippen molar-refractivity contribution in [3.8, 4) is 0 Å². The van der Waals surface area contributed by atoms with Crippen molar-refractivity contribution < 1.29 is 22.3 Å². The van der Waals surface area contributed by atoms with Gasteiger partial charge in [-0.05, 0) is 31.0 Å². The molecule has 0 saturated carbocycles. The van der Waals surface area contributed by atoms with E-state index >= 15 is 0 Å². The Morgan fingerprint density at radius 3 is 2.52 bits per heavy atom. The normalized spacial score (nSPS) is 17.7. The molecule has 0 aliphatic carbocycles. The second-order valence-electron chi connectivity index (χ2n) is 4.78. The second-order valence-corrected chi connectivity index (χ2v) is 7.60. The summed E-state index contributed by atoms with van der Waals surface area (Å²) in [4.78, 5) is 11.1. The van der Waals surface area contributed by atoms with E-state index in [1.807, 2.05) is 0 Å². The second kappa shape index (κ2) is 6.41. The van der Waals surface area contributed by atoms with Crippen molar-refractivity contribution in [1.29, 1.82) is 0 Å². The summed E-state index contributed by atoms with van der Waals surface area (Å²) < 4.78 is 45.0. The van der Waals surface area contributed by atoms with Gasteiger partial charge < -0.3 is 4.74 Å². The average molecular weight is 380 g/mol. The number of hydrogen-bond acceptors (Lipinski definition) is 4. The van der Waals surface area contributed by atoms with E-state index in [9.17, 15) is 17.6 Å². The maximum Gasteiger partial charge on any atom is 0.308 e. The molecule has 8 heteroatoms. The lowest BCUT2D eigenvalue weighted by molar-refractivity contribution is -0.146. The number of rotatable bonds is 3. The zero-order valence-corrected chi connectivity index (χ0v) is 13.8. The van der Waals surface area contributed by atoms with Gasteiger partial charge in [0.1, 0.15) is 10.7 Å². The molecule has 0 unspecified atom stereocenters. The molecule has 1 aliphatic rings. The lowest BCUT2D eigenvalue weighted by Crippen LogP contribution is -2.40. The fourth-order valence-electron chi connectivity index (χ4n) is 2.32. The number of sulfonamides is 1. The molecule has 0 amide bonds. The Balaban J connectivity index is 2.17. The van der Waals surface area contributed by atoms with E-state index in [0.717, 1.165) is 6.07 Å². The largest absolute Gasteiger partial charge is 0.469 e. The molecule has 0 N–H and O–H groups in total. The molecule has 0 radical (unpaired) electrons. The lowest BCUT2D eigenvalue weighted by Gasteiger charge is -2.29. The van der Waals surface area contributed by atoms with E-state index in [1.54, 1.807) is 0 Å². The van der Waals surface area contributed by atoms with Crippen molar-refractivity contribution >= 4 is 31.9 Å². The quantitative estimate of drug-likeness (QED) is 0.754. The highest BCUT2D eigenvalue weighted by Crippen LogP contribution is 2.27. The van der Waals surface area contributed by atoms with Crippen LogP contribution in [0.25, 0.3) is 0 Å². The van der Waals surface area contributed by atoms with Crippen molar-refractivity contribution in [2.24, 2.45) is 5.92 Å². The fraction of sp³-hybridized carbons (Fsp3) is 0.462. The number of esters is 1. The molecule has 2 rings (SSSR count). The lowest BCUT2D eigenvalue weighted by atomic mass is 9.99. The van der Waals surface area contributed by atoms with Gasteiger partial charge in [0.15, 0.2) is 0 Å². The number of ether oxygens (including phenoxy) is 1. The van der Waals surface area contributed by atoms with Gasteiger partial charge in [0.2, 0.25) is 10.0 Å². The summed E-state index contributed by atoms with van der Waals surface area (Å²) in [6, 6.07) is 3.84. The highest BCUT2D eigenvalue weighted by atomic mass is 79.9. The van der Waals surface area contributed by atoms with Crippen molar-refractivity contribution in [2.75, 3.05) is 20.2 Å². The summed E-state index contributed by atoms with van der Waals surface area (Å²) in [6.45, 7) is 0.356. The number of hydrogen-bond donors (Lipinski definition) is 0. The monoisotopic (exact) mass is 379 g/mol. The molecule has 1 aromatic rings. The van der Waals surface area contributed by atoms with Crippen LogP contribution < -0.4 is 0 Å². The molecule has 1 aromatic carbocycles. The van der Waals surface area contributed by atoms with E-state index in [2.05, 4.69) is 20.7 Å². The Labute approximate surface area is 131 Å². The van der Waals surface area contributed by atoms with Crippen LogP contribution >= 0.6 is 15.9 Å². The van der Waals surface area contributed by atoms with Crippen molar-refractivity contribution in [1.82, 2.24) is 4.31 Å². The number of carbonyl (C=O) groups excluding carboxylic acids is 1. The Morgan fingerprint density at radius 1 is 1.38 bits per heavy atom. The van der Waals surface area contributed by atoms with Gasteiger partial charge in [0.25, 0.3) is 0 Å². The molecule has 1 fully saturated rings. The summed E-state index contributed by atoms with van der Waals surface area (Å²) in [5.74, 6) is -1.42. The molecule has 5 nitrogen and oxygen atoms in total. The van der Waals surface area contributed by atoms with E-state index in [4.69, 9.17) is 0 Å². The molecule has 1 heterocycles. The minimum atomic E-state index is -3.88. The van der Waals surface area contributed by atoms with Gasteiger partial charge in [-0.25, -0.2) is 12.8 Å². The fourth-order valence-corrected chi connectivity index (χ4v) is 4.17. The molecule has 1 aliphatic heterocycles. The molecule has 21 heavy (non-hydrogen) atoms. The van der Waals surface area contributed by atoms with E-state index < -0.39 is 15.8 Å². The third-order valence-electron chi connectivity index (χ3n) is 3.50. The summed E-state index contributed by atoms with van der Waals surface area (Å²) in [6.07, 6.45) is 0.758. The first-order valence-corrected chi connectivity index (χ1v) is 8.62. The number of benzene rings is 1. The highest BCUT2D eigenvalue weighted by Gasteiger charge is 2.33. The third-order valence-corrected chi connectivity index (χ3v) is 5.93. The van der Waals surface area contributed by atoms with E-state index in [-0.39, 0.29) is 29.9 Å². The highest BCUT2D eigenvalue weighted by molar-refractivity contribution is 9.10. The van der Waals surface area contributed by atoms with Crippen LogP contribution in [0.5, 0.6) is 0 Å². The van der Waals surface area contributed by atoms with Crippen molar-refractivity contribution in [3.63, 3.8) is 0 Å². The Bertz CT molecular complexity index is 642. The standard InChI is InChI=1S/C13H15BrFNO4S/c1-20-13(17)9-4-6-16(7-5-9)21(18,19)12-3-2-10(14)8-11(12)15/h2-3,8-9H,4-7H2,1H3. The Hall–Kier alpha value is -0.990. The predicted molar refractivity (Wildman–Crippen MR) is 77.6 cm³/mol. The molecule has 0 aromatic heterocycles. The van der Waals surface area contributed by atoms with Crippen LogP contribution in [-0.4, -0.2) is 38.9 Å². The van der Waals surface area contributed by atoms with Gasteiger partial charge in [-0.15, -0.1) is 0 Å². The van der Waals surface area contributed by atoms with Gasteiger partial charge in [0.05, 0.1) is 13.0 Å². The van der Waals surface area contributed by atoms with Crippen LogP contribution in [0.4, 0.5) is 4.39 Å². The SMILES string of the molecule is COC(=O)C1CCN(S(=O)(=O)c2ccc(Br)cc2F)CC1. The molecular weight excluding hydrogens is 365 g/mol. The number of halogens is 2. The third kappa shape index (κ3) is 3.44. The summed E-state index contributed by atoms with van der Waals surface area (Å²) >= 11 is 3.09. The van der Waals surface area contributed by atoms with Crippen LogP contribution in [-0.2, 0) is 19.6 Å². The maximum absolute atomic E-state index is 13.9. The first kappa shape index (κ1) is 16.4. The average Bonchev–Trinajstić information content (AvgIpc) is 2.46. The van der Waals surface area contributed by atoms with Gasteiger partial charge in [-0.2, -0.15) is 4.31 Å². The minimum absolute atomic E-state index is 0.178. The van der Waals surface area contributed by atoms with E-state index in [0.29, 0.717) is 17.3 Å². The number of carbonyl (C=O) groups is 1. The Morgan fingerprint density at radius 2 is 2.00 bits per heavy atom. The molecule has 1 saturated heterocycles. The van der Waals surface area contributed by atoms with Gasteiger partial charge in [-0.1, -0.05) is 15.9 Å². The number of methoxy groups -OCH3 is 1. The number of piperidine rings is 1. The number of nitrogens with zero attached hydrogens (tertiary/aromatic N) is 1. The van der Waals surface area contributed by atoms with E-state index in [1.165, 1.54) is 23.5 Å². The summed E-state index contributed by atoms with van der Waals surface area (Å²) in [7, 11) is -2.57. The molecular formula is C13H15BrFNO4S. The molecule has 116 valence electrons. The summed E-state index contributed by atoms with van der Waals surface area (Å²) in [5.41, 5.74) is 0. The van der Waals surface area contributed by atoms with Crippen molar-refractivity contribution in [2.45, 2.75) is 17.7 Å². The zero-order valence-electron chi connectivity index (χ0n) is 11.4. The van der Waals surface area contributed by atoms with Crippen LogP contribution in [0, 0.1) is 11.7 Å². The predicted octanol–water partition coefficient (Wildman–Crippen LogP) is 2.16. The van der Waals surface area contributed by atoms with Crippen LogP contribution in [0.3, 0.4) is 0 Å². The molecule has 0 atom stereocenters. The topological polar surface area (TPSA) is 63.7 Å².